The van der Waals surface area contributed by atoms with Crippen molar-refractivity contribution in [3.8, 4) is 0 Å². The molecule has 1 heterocycles. The van der Waals surface area contributed by atoms with E-state index in [1.807, 2.05) is 0 Å². The van der Waals surface area contributed by atoms with E-state index in [-0.39, 0.29) is 23.6 Å². The van der Waals surface area contributed by atoms with E-state index in [1.54, 1.807) is 48.5 Å². The molecule has 3 rings (SSSR count). The number of amides is 3. The minimum atomic E-state index is -0.359. The van der Waals surface area contributed by atoms with E-state index < -0.39 is 0 Å². The SMILES string of the molecule is CC(=O)Nc1ccc(/C=C2\SC(=O)N(Cc3ccc(Cl)c(Cl)c3)C2=O)cc1. The monoisotopic (exact) mass is 420 g/mol. The molecule has 1 saturated heterocycles. The predicted molar refractivity (Wildman–Crippen MR) is 109 cm³/mol. The third-order valence-electron chi connectivity index (χ3n) is 3.73. The molecule has 3 amide bonds. The number of imide groups is 1. The molecule has 2 aromatic carbocycles. The maximum Gasteiger partial charge on any atom is 0.293 e. The van der Waals surface area contributed by atoms with Gasteiger partial charge in [-0.3, -0.25) is 19.3 Å². The van der Waals surface area contributed by atoms with Crippen LogP contribution in [0.15, 0.2) is 47.4 Å². The summed E-state index contributed by atoms with van der Waals surface area (Å²) < 4.78 is 0. The van der Waals surface area contributed by atoms with Gasteiger partial charge in [-0.15, -0.1) is 0 Å². The Morgan fingerprint density at radius 2 is 1.81 bits per heavy atom. The van der Waals surface area contributed by atoms with E-state index in [2.05, 4.69) is 5.32 Å². The lowest BCUT2D eigenvalue weighted by molar-refractivity contribution is -0.123. The zero-order valence-corrected chi connectivity index (χ0v) is 16.5. The average Bonchev–Trinajstić information content (AvgIpc) is 2.87. The Labute approximate surface area is 170 Å². The van der Waals surface area contributed by atoms with Gasteiger partial charge in [-0.25, -0.2) is 0 Å². The van der Waals surface area contributed by atoms with Crippen LogP contribution in [0.1, 0.15) is 18.1 Å². The molecular formula is C19H14Cl2N2O3S. The number of nitrogens with zero attached hydrogens (tertiary/aromatic N) is 1. The number of hydrogen-bond acceptors (Lipinski definition) is 4. The number of halogens is 2. The Hall–Kier alpha value is -2.28. The summed E-state index contributed by atoms with van der Waals surface area (Å²) >= 11 is 12.8. The number of thioether (sulfide) groups is 1. The van der Waals surface area contributed by atoms with Crippen LogP contribution in [0.25, 0.3) is 6.08 Å². The maximum atomic E-state index is 12.6. The highest BCUT2D eigenvalue weighted by Gasteiger charge is 2.35. The molecule has 0 saturated carbocycles. The van der Waals surface area contributed by atoms with E-state index in [0.29, 0.717) is 26.2 Å². The van der Waals surface area contributed by atoms with Crippen molar-refractivity contribution >= 4 is 63.8 Å². The maximum absolute atomic E-state index is 12.6. The smallest absolute Gasteiger partial charge is 0.293 e. The number of carbonyl (C=O) groups is 3. The zero-order valence-electron chi connectivity index (χ0n) is 14.2. The standard InChI is InChI=1S/C19H14Cl2N2O3S/c1-11(24)22-14-5-2-12(3-6-14)9-17-18(25)23(19(26)27-17)10-13-4-7-15(20)16(21)8-13/h2-9H,10H2,1H3,(H,22,24)/b17-9-. The lowest BCUT2D eigenvalue weighted by Gasteiger charge is -2.12. The van der Waals surface area contributed by atoms with E-state index in [9.17, 15) is 14.4 Å². The Kier molecular flexibility index (Phi) is 5.89. The van der Waals surface area contributed by atoms with Gasteiger partial charge in [0, 0.05) is 12.6 Å². The lowest BCUT2D eigenvalue weighted by atomic mass is 10.2. The van der Waals surface area contributed by atoms with Crippen molar-refractivity contribution in [2.45, 2.75) is 13.5 Å². The van der Waals surface area contributed by atoms with Gasteiger partial charge < -0.3 is 5.32 Å². The number of carbonyl (C=O) groups excluding carboxylic acids is 3. The zero-order chi connectivity index (χ0) is 19.6. The molecule has 5 nitrogen and oxygen atoms in total. The number of benzene rings is 2. The topological polar surface area (TPSA) is 66.5 Å². The third kappa shape index (κ3) is 4.71. The Morgan fingerprint density at radius 3 is 2.44 bits per heavy atom. The van der Waals surface area contributed by atoms with Crippen molar-refractivity contribution in [2.24, 2.45) is 0 Å². The molecule has 0 spiro atoms. The molecular weight excluding hydrogens is 407 g/mol. The molecule has 1 fully saturated rings. The second-order valence-electron chi connectivity index (χ2n) is 5.82. The van der Waals surface area contributed by atoms with Crippen LogP contribution in [0.4, 0.5) is 10.5 Å². The fourth-order valence-corrected chi connectivity index (χ4v) is 3.63. The molecule has 0 bridgehead atoms. The highest BCUT2D eigenvalue weighted by Crippen LogP contribution is 2.34. The number of hydrogen-bond donors (Lipinski definition) is 1. The fourth-order valence-electron chi connectivity index (χ4n) is 2.47. The molecule has 138 valence electrons. The largest absolute Gasteiger partial charge is 0.326 e. The van der Waals surface area contributed by atoms with Crippen molar-refractivity contribution < 1.29 is 14.4 Å². The highest BCUT2D eigenvalue weighted by atomic mass is 35.5. The summed E-state index contributed by atoms with van der Waals surface area (Å²) in [6, 6.07) is 12.0. The van der Waals surface area contributed by atoms with Crippen molar-refractivity contribution in [2.75, 3.05) is 5.32 Å². The van der Waals surface area contributed by atoms with Crippen LogP contribution in [0.5, 0.6) is 0 Å². The first kappa shape index (κ1) is 19.5. The molecule has 0 unspecified atom stereocenters. The Balaban J connectivity index is 1.75. The third-order valence-corrected chi connectivity index (χ3v) is 5.37. The highest BCUT2D eigenvalue weighted by molar-refractivity contribution is 8.18. The summed E-state index contributed by atoms with van der Waals surface area (Å²) in [5.74, 6) is -0.520. The molecule has 1 N–H and O–H groups in total. The van der Waals surface area contributed by atoms with Gasteiger partial charge in [0.15, 0.2) is 0 Å². The summed E-state index contributed by atoms with van der Waals surface area (Å²) in [5, 5.41) is 3.11. The fraction of sp³-hybridized carbons (Fsp3) is 0.105. The summed E-state index contributed by atoms with van der Waals surface area (Å²) in [5.41, 5.74) is 2.13. The van der Waals surface area contributed by atoms with Gasteiger partial charge >= 0.3 is 0 Å². The van der Waals surface area contributed by atoms with Gasteiger partial charge in [0.2, 0.25) is 5.91 Å². The van der Waals surface area contributed by atoms with Gasteiger partial charge in [0.05, 0.1) is 21.5 Å². The van der Waals surface area contributed by atoms with Crippen molar-refractivity contribution in [3.05, 3.63) is 68.5 Å². The molecule has 0 aromatic heterocycles. The first-order chi connectivity index (χ1) is 12.8. The van der Waals surface area contributed by atoms with Crippen LogP contribution in [0.2, 0.25) is 10.0 Å². The molecule has 27 heavy (non-hydrogen) atoms. The van der Waals surface area contributed by atoms with Crippen LogP contribution in [0, 0.1) is 0 Å². The van der Waals surface area contributed by atoms with E-state index in [1.165, 1.54) is 11.8 Å². The molecule has 1 aliphatic rings. The lowest BCUT2D eigenvalue weighted by Crippen LogP contribution is -2.27. The molecule has 0 radical (unpaired) electrons. The predicted octanol–water partition coefficient (Wildman–Crippen LogP) is 5.19. The number of nitrogens with one attached hydrogen (secondary N) is 1. The van der Waals surface area contributed by atoms with E-state index >= 15 is 0 Å². The van der Waals surface area contributed by atoms with Crippen molar-refractivity contribution in [1.29, 1.82) is 0 Å². The normalized spacial score (nSPS) is 15.5. The van der Waals surface area contributed by atoms with Crippen molar-refractivity contribution in [1.82, 2.24) is 4.90 Å². The number of anilines is 1. The summed E-state index contributed by atoms with van der Waals surface area (Å²) in [4.78, 5) is 37.4. The van der Waals surface area contributed by atoms with Crippen molar-refractivity contribution in [3.63, 3.8) is 0 Å². The Morgan fingerprint density at radius 1 is 1.11 bits per heavy atom. The molecule has 8 heteroatoms. The van der Waals surface area contributed by atoms with Crippen LogP contribution in [-0.2, 0) is 16.1 Å². The van der Waals surface area contributed by atoms with Gasteiger partial charge in [0.25, 0.3) is 11.1 Å². The van der Waals surface area contributed by atoms with E-state index in [0.717, 1.165) is 17.3 Å². The van der Waals surface area contributed by atoms with Gasteiger partial charge in [-0.05, 0) is 53.2 Å². The average molecular weight is 421 g/mol. The van der Waals surface area contributed by atoms with Crippen LogP contribution < -0.4 is 5.32 Å². The second kappa shape index (κ2) is 8.17. The first-order valence-corrected chi connectivity index (χ1v) is 9.47. The summed E-state index contributed by atoms with van der Waals surface area (Å²) in [6.07, 6.45) is 1.65. The quantitative estimate of drug-likeness (QED) is 0.691. The summed E-state index contributed by atoms with van der Waals surface area (Å²) in [7, 11) is 0. The summed E-state index contributed by atoms with van der Waals surface area (Å²) in [6.45, 7) is 1.55. The van der Waals surface area contributed by atoms with E-state index in [4.69, 9.17) is 23.2 Å². The molecule has 2 aromatic rings. The van der Waals surface area contributed by atoms with Gasteiger partial charge in [-0.1, -0.05) is 41.4 Å². The first-order valence-electron chi connectivity index (χ1n) is 7.90. The van der Waals surface area contributed by atoms with Gasteiger partial charge in [-0.2, -0.15) is 0 Å². The molecule has 1 aliphatic heterocycles. The van der Waals surface area contributed by atoms with Crippen LogP contribution >= 0.6 is 35.0 Å². The minimum Gasteiger partial charge on any atom is -0.326 e. The van der Waals surface area contributed by atoms with Gasteiger partial charge in [0.1, 0.15) is 0 Å². The molecule has 0 atom stereocenters. The van der Waals surface area contributed by atoms with Crippen LogP contribution in [0.3, 0.4) is 0 Å². The number of rotatable bonds is 4. The van der Waals surface area contributed by atoms with Crippen LogP contribution in [-0.4, -0.2) is 22.0 Å². The minimum absolute atomic E-state index is 0.125. The Bertz CT molecular complexity index is 958. The molecule has 0 aliphatic carbocycles. The second-order valence-corrected chi connectivity index (χ2v) is 7.63.